The third kappa shape index (κ3) is 6.33. The minimum absolute atomic E-state index is 0.0366. The molecule has 35 heavy (non-hydrogen) atoms. The molecule has 0 aromatic heterocycles. The summed E-state index contributed by atoms with van der Waals surface area (Å²) in [6, 6.07) is 16.2. The highest BCUT2D eigenvalue weighted by Crippen LogP contribution is 2.36. The highest BCUT2D eigenvalue weighted by molar-refractivity contribution is 9.10. The van der Waals surface area contributed by atoms with Gasteiger partial charge in [0, 0.05) is 0 Å². The van der Waals surface area contributed by atoms with Crippen LogP contribution in [0.2, 0.25) is 5.02 Å². The first kappa shape index (κ1) is 26.5. The molecule has 0 saturated carbocycles. The number of rotatable bonds is 9. The number of anilines is 1. The predicted molar refractivity (Wildman–Crippen MR) is 140 cm³/mol. The summed E-state index contributed by atoms with van der Waals surface area (Å²) in [6.45, 7) is 1.32. The lowest BCUT2D eigenvalue weighted by Crippen LogP contribution is -2.39. The quantitative estimate of drug-likeness (QED) is 0.290. The number of aryl methyl sites for hydroxylation is 1. The van der Waals surface area contributed by atoms with Gasteiger partial charge in [-0.2, -0.15) is 5.10 Å². The van der Waals surface area contributed by atoms with Crippen molar-refractivity contribution in [1.82, 2.24) is 5.43 Å². The van der Waals surface area contributed by atoms with Gasteiger partial charge in [0.1, 0.15) is 6.54 Å². The molecule has 11 heteroatoms. The average molecular weight is 581 g/mol. The van der Waals surface area contributed by atoms with Gasteiger partial charge < -0.3 is 9.47 Å². The minimum Gasteiger partial charge on any atom is -0.493 e. The summed E-state index contributed by atoms with van der Waals surface area (Å²) < 4.78 is 39.0. The fourth-order valence-electron chi connectivity index (χ4n) is 3.15. The van der Waals surface area contributed by atoms with Crippen LogP contribution in [-0.4, -0.2) is 41.3 Å². The molecule has 184 valence electrons. The van der Waals surface area contributed by atoms with E-state index < -0.39 is 22.5 Å². The van der Waals surface area contributed by atoms with E-state index in [4.69, 9.17) is 21.1 Å². The topological polar surface area (TPSA) is 97.3 Å². The zero-order valence-corrected chi connectivity index (χ0v) is 22.3. The third-order valence-electron chi connectivity index (χ3n) is 4.88. The molecule has 0 atom stereocenters. The first-order valence-corrected chi connectivity index (χ1v) is 12.9. The third-order valence-corrected chi connectivity index (χ3v) is 7.56. The predicted octanol–water partition coefficient (Wildman–Crippen LogP) is 4.77. The van der Waals surface area contributed by atoms with Crippen molar-refractivity contribution in [2.75, 3.05) is 25.1 Å². The molecular weight excluding hydrogens is 558 g/mol. The maximum absolute atomic E-state index is 13.4. The number of para-hydroxylation sites is 1. The van der Waals surface area contributed by atoms with Crippen LogP contribution in [0.4, 0.5) is 5.69 Å². The van der Waals surface area contributed by atoms with Crippen molar-refractivity contribution in [3.05, 3.63) is 81.3 Å². The van der Waals surface area contributed by atoms with Gasteiger partial charge in [0.2, 0.25) is 0 Å². The second-order valence-corrected chi connectivity index (χ2v) is 10.4. The molecule has 0 heterocycles. The highest BCUT2D eigenvalue weighted by atomic mass is 79.9. The van der Waals surface area contributed by atoms with Gasteiger partial charge in [-0.3, -0.25) is 9.10 Å². The molecule has 3 aromatic carbocycles. The van der Waals surface area contributed by atoms with Crippen molar-refractivity contribution >= 4 is 55.4 Å². The molecule has 0 saturated heterocycles. The Hall–Kier alpha value is -3.08. The Balaban J connectivity index is 1.85. The van der Waals surface area contributed by atoms with Crippen molar-refractivity contribution in [3.8, 4) is 11.5 Å². The number of nitrogens with zero attached hydrogens (tertiary/aromatic N) is 2. The standard InChI is InChI=1S/C24H23BrClN3O5S/c1-16-8-10-18(11-9-16)35(31,32)29(21-7-5-4-6-20(21)26)15-23(30)28-27-14-17-12-19(25)24(34-3)22(13-17)33-2/h4-14H,15H2,1-3H3,(H,28,30)/b27-14-. The van der Waals surface area contributed by atoms with Crippen LogP contribution in [0.5, 0.6) is 11.5 Å². The normalized spacial score (nSPS) is 11.3. The van der Waals surface area contributed by atoms with Crippen LogP contribution in [0.15, 0.2) is 75.1 Å². The number of benzene rings is 3. The molecular formula is C24H23BrClN3O5S. The van der Waals surface area contributed by atoms with Gasteiger partial charge in [-0.25, -0.2) is 13.8 Å². The van der Waals surface area contributed by atoms with E-state index in [9.17, 15) is 13.2 Å². The molecule has 0 aliphatic carbocycles. The molecule has 3 aromatic rings. The zero-order chi connectivity index (χ0) is 25.6. The number of methoxy groups -OCH3 is 2. The van der Waals surface area contributed by atoms with Crippen molar-refractivity contribution in [2.24, 2.45) is 5.10 Å². The molecule has 0 spiro atoms. The summed E-state index contributed by atoms with van der Waals surface area (Å²) in [6.07, 6.45) is 1.40. The van der Waals surface area contributed by atoms with Crippen LogP contribution in [-0.2, 0) is 14.8 Å². The lowest BCUT2D eigenvalue weighted by Gasteiger charge is -2.24. The summed E-state index contributed by atoms with van der Waals surface area (Å²) in [5, 5.41) is 4.14. The molecule has 1 N–H and O–H groups in total. The van der Waals surface area contributed by atoms with Crippen LogP contribution < -0.4 is 19.2 Å². The van der Waals surface area contributed by atoms with E-state index in [0.29, 0.717) is 21.5 Å². The van der Waals surface area contributed by atoms with Crippen LogP contribution in [0.1, 0.15) is 11.1 Å². The summed E-state index contributed by atoms with van der Waals surface area (Å²) >= 11 is 9.67. The molecule has 1 amide bonds. The van der Waals surface area contributed by atoms with E-state index >= 15 is 0 Å². The number of amides is 1. The van der Waals surface area contributed by atoms with Crippen LogP contribution in [0, 0.1) is 6.92 Å². The van der Waals surface area contributed by atoms with E-state index in [2.05, 4.69) is 26.5 Å². The van der Waals surface area contributed by atoms with E-state index in [-0.39, 0.29) is 15.6 Å². The molecule has 0 bridgehead atoms. The van der Waals surface area contributed by atoms with Gasteiger partial charge in [-0.05, 0) is 64.8 Å². The lowest BCUT2D eigenvalue weighted by atomic mass is 10.2. The smallest absolute Gasteiger partial charge is 0.264 e. The first-order valence-electron chi connectivity index (χ1n) is 10.2. The number of hydrazone groups is 1. The minimum atomic E-state index is -4.09. The van der Waals surface area contributed by atoms with Gasteiger partial charge >= 0.3 is 0 Å². The van der Waals surface area contributed by atoms with E-state index in [1.807, 2.05) is 6.92 Å². The summed E-state index contributed by atoms with van der Waals surface area (Å²) in [4.78, 5) is 12.8. The Morgan fingerprint density at radius 3 is 2.43 bits per heavy atom. The molecule has 0 radical (unpaired) electrons. The number of nitrogens with one attached hydrogen (secondary N) is 1. The number of ether oxygens (including phenoxy) is 2. The molecule has 0 fully saturated rings. The Labute approximate surface area is 217 Å². The van der Waals surface area contributed by atoms with Crippen molar-refractivity contribution in [3.63, 3.8) is 0 Å². The Kier molecular flexibility index (Phi) is 8.76. The summed E-state index contributed by atoms with van der Waals surface area (Å²) in [5.74, 6) is 0.338. The van der Waals surface area contributed by atoms with Crippen LogP contribution >= 0.6 is 27.5 Å². The van der Waals surface area contributed by atoms with E-state index in [1.165, 1.54) is 38.6 Å². The second kappa shape index (κ2) is 11.6. The highest BCUT2D eigenvalue weighted by Gasteiger charge is 2.28. The van der Waals surface area contributed by atoms with Gasteiger partial charge in [0.25, 0.3) is 15.9 Å². The lowest BCUT2D eigenvalue weighted by molar-refractivity contribution is -0.119. The maximum atomic E-state index is 13.4. The van der Waals surface area contributed by atoms with Crippen molar-refractivity contribution in [1.29, 1.82) is 0 Å². The Bertz CT molecular complexity index is 1350. The number of carbonyl (C=O) groups is 1. The molecule has 0 unspecified atom stereocenters. The monoisotopic (exact) mass is 579 g/mol. The van der Waals surface area contributed by atoms with Gasteiger partial charge in [-0.15, -0.1) is 0 Å². The molecule has 8 nitrogen and oxygen atoms in total. The number of hydrogen-bond acceptors (Lipinski definition) is 6. The van der Waals surface area contributed by atoms with Crippen molar-refractivity contribution < 1.29 is 22.7 Å². The molecule has 0 aliphatic heterocycles. The summed E-state index contributed by atoms with van der Waals surface area (Å²) in [5.41, 5.74) is 4.06. The maximum Gasteiger partial charge on any atom is 0.264 e. The summed E-state index contributed by atoms with van der Waals surface area (Å²) in [7, 11) is -1.06. The van der Waals surface area contributed by atoms with E-state index in [1.54, 1.807) is 42.5 Å². The largest absolute Gasteiger partial charge is 0.493 e. The fourth-order valence-corrected chi connectivity index (χ4v) is 5.50. The van der Waals surface area contributed by atoms with Crippen molar-refractivity contribution in [2.45, 2.75) is 11.8 Å². The average Bonchev–Trinajstić information content (AvgIpc) is 2.83. The zero-order valence-electron chi connectivity index (χ0n) is 19.2. The fraction of sp³-hybridized carbons (Fsp3) is 0.167. The second-order valence-electron chi connectivity index (χ2n) is 7.31. The first-order chi connectivity index (χ1) is 16.7. The number of sulfonamides is 1. The Morgan fingerprint density at radius 2 is 1.80 bits per heavy atom. The van der Waals surface area contributed by atoms with E-state index in [0.717, 1.165) is 9.87 Å². The Morgan fingerprint density at radius 1 is 1.11 bits per heavy atom. The van der Waals surface area contributed by atoms with Gasteiger partial charge in [-0.1, -0.05) is 41.4 Å². The SMILES string of the molecule is COc1cc(/C=N\NC(=O)CN(c2ccccc2Cl)S(=O)(=O)c2ccc(C)cc2)cc(Br)c1OC. The number of carbonyl (C=O) groups excluding carboxylic acids is 1. The van der Waals surface area contributed by atoms with Gasteiger partial charge in [0.05, 0.1) is 40.5 Å². The number of hydrogen-bond donors (Lipinski definition) is 1. The number of halogens is 2. The van der Waals surface area contributed by atoms with Crippen LogP contribution in [0.25, 0.3) is 0 Å². The van der Waals surface area contributed by atoms with Gasteiger partial charge in [0.15, 0.2) is 11.5 Å². The molecule has 3 rings (SSSR count). The van der Waals surface area contributed by atoms with Crippen LogP contribution in [0.3, 0.4) is 0 Å². The molecule has 0 aliphatic rings.